The molecule has 0 spiro atoms. The van der Waals surface area contributed by atoms with Crippen molar-refractivity contribution < 1.29 is 30.0 Å². The van der Waals surface area contributed by atoms with Crippen LogP contribution >= 0.6 is 0 Å². The number of aliphatic hydroxyl groups is 1. The normalized spacial score (nSPS) is 13.2. The molecule has 1 N–H and O–H groups in total. The van der Waals surface area contributed by atoms with Crippen molar-refractivity contribution in [2.24, 2.45) is 10.8 Å². The minimum atomic E-state index is -0.337. The fraction of sp³-hybridized carbons (Fsp3) is 0.452. The third-order valence-corrected chi connectivity index (χ3v) is 10.5. The molecule has 3 aromatic carbocycles. The van der Waals surface area contributed by atoms with Crippen LogP contribution in [0.15, 0.2) is 66.7 Å². The molecule has 0 fully saturated rings. The van der Waals surface area contributed by atoms with Crippen molar-refractivity contribution in [3.8, 4) is 22.5 Å². The number of hydrogen-bond donors (Lipinski definition) is 1. The van der Waals surface area contributed by atoms with Crippen molar-refractivity contribution in [1.82, 2.24) is 9.97 Å². The Balaban J connectivity index is 0.000000290. The monoisotopic (exact) mass is 810 g/mol. The molecule has 1 aliphatic rings. The second-order valence-corrected chi connectivity index (χ2v) is 14.5. The topological polar surface area (TPSA) is 63.1 Å². The van der Waals surface area contributed by atoms with Crippen LogP contribution in [0, 0.1) is 23.8 Å². The quantitative estimate of drug-likeness (QED) is 0.109. The van der Waals surface area contributed by atoms with E-state index in [4.69, 9.17) is 4.98 Å². The van der Waals surface area contributed by atoms with Crippen molar-refractivity contribution in [1.29, 1.82) is 0 Å². The minimum absolute atomic E-state index is 0. The molecule has 1 heterocycles. The summed E-state index contributed by atoms with van der Waals surface area (Å²) in [6.07, 6.45) is 8.46. The average Bonchev–Trinajstić information content (AvgIpc) is 3.06. The van der Waals surface area contributed by atoms with Gasteiger partial charge in [0.15, 0.2) is 5.78 Å². The summed E-state index contributed by atoms with van der Waals surface area (Å²) >= 11 is 0. The standard InChI is InChI=1S/C27H25N2.C15H28O2.Ir/c1-17-9-11-22-19(13-17)10-12-23-25(28-16-29-26(22)23)20-14-18-7-5-6-8-21(18)24(15-20)27(2,3)4;1-7-14(5,8-2)12(16)11-13(17)15(6,9-3)10-4;/h5-9,11,13,15-16H,10,12H2,1-4H3;11,16H,7-10H2,1-6H3;/q-1;;/b;12-11-;. The van der Waals surface area contributed by atoms with Gasteiger partial charge in [0.2, 0.25) is 0 Å². The van der Waals surface area contributed by atoms with Crippen molar-refractivity contribution in [3.05, 3.63) is 95.0 Å². The summed E-state index contributed by atoms with van der Waals surface area (Å²) in [5.74, 6) is 0.286. The van der Waals surface area contributed by atoms with E-state index in [1.165, 1.54) is 39.3 Å². The van der Waals surface area contributed by atoms with Gasteiger partial charge >= 0.3 is 0 Å². The number of ketones is 1. The van der Waals surface area contributed by atoms with Gasteiger partial charge in [0.05, 0.1) is 5.69 Å². The van der Waals surface area contributed by atoms with Crippen LogP contribution in [-0.4, -0.2) is 20.9 Å². The largest absolute Gasteiger partial charge is 0.512 e. The molecule has 5 heteroatoms. The van der Waals surface area contributed by atoms with Crippen molar-refractivity contribution in [3.63, 3.8) is 0 Å². The number of rotatable bonds is 8. The summed E-state index contributed by atoms with van der Waals surface area (Å²) in [5.41, 5.74) is 9.14. The van der Waals surface area contributed by atoms with Crippen LogP contribution in [0.4, 0.5) is 0 Å². The van der Waals surface area contributed by atoms with Gasteiger partial charge in [-0.1, -0.05) is 115 Å². The van der Waals surface area contributed by atoms with Crippen LogP contribution in [0.25, 0.3) is 33.3 Å². The van der Waals surface area contributed by atoms with Gasteiger partial charge < -0.3 is 5.11 Å². The SMILES string of the molecule is CCC(C)(CC)C(=O)/C=C(\O)C(C)(CC)CC.Cc1ccc2c(c1)CCc1c(-c3[c-]c4ccccc4c(C(C)(C)C)c3)ncnc1-2.[Ir]. The van der Waals surface area contributed by atoms with E-state index < -0.39 is 0 Å². The first-order valence-electron chi connectivity index (χ1n) is 17.1. The third kappa shape index (κ3) is 8.12. The van der Waals surface area contributed by atoms with Gasteiger partial charge in [-0.05, 0) is 62.0 Å². The maximum absolute atomic E-state index is 12.2. The Labute approximate surface area is 296 Å². The van der Waals surface area contributed by atoms with Gasteiger partial charge in [-0.15, -0.1) is 29.1 Å². The number of aromatic nitrogens is 2. The number of carbonyl (C=O) groups excluding carboxylic acids is 1. The summed E-state index contributed by atoms with van der Waals surface area (Å²) in [5, 5.41) is 12.6. The molecule has 1 aliphatic carbocycles. The van der Waals surface area contributed by atoms with Crippen LogP contribution in [0.2, 0.25) is 0 Å². The van der Waals surface area contributed by atoms with Gasteiger partial charge in [-0.3, -0.25) is 9.78 Å². The second kappa shape index (κ2) is 15.4. The van der Waals surface area contributed by atoms with E-state index in [0.29, 0.717) is 0 Å². The smallest absolute Gasteiger partial charge is 0.164 e. The van der Waals surface area contributed by atoms with Crippen molar-refractivity contribution in [2.45, 2.75) is 113 Å². The van der Waals surface area contributed by atoms with E-state index in [9.17, 15) is 9.90 Å². The summed E-state index contributed by atoms with van der Waals surface area (Å²) in [6.45, 7) is 21.0. The van der Waals surface area contributed by atoms with Crippen molar-refractivity contribution >= 4 is 16.6 Å². The molecular weight excluding hydrogens is 757 g/mol. The molecule has 0 unspecified atom stereocenters. The maximum atomic E-state index is 12.2. The maximum Gasteiger partial charge on any atom is 0.164 e. The minimum Gasteiger partial charge on any atom is -0.512 e. The summed E-state index contributed by atoms with van der Waals surface area (Å²) in [6, 6.07) is 21.2. The molecule has 0 saturated carbocycles. The number of benzene rings is 3. The molecule has 4 aromatic rings. The van der Waals surface area contributed by atoms with Gasteiger partial charge in [0.25, 0.3) is 0 Å². The van der Waals surface area contributed by atoms with Crippen LogP contribution in [0.3, 0.4) is 0 Å². The van der Waals surface area contributed by atoms with Gasteiger partial charge in [0.1, 0.15) is 12.1 Å². The Bertz CT molecular complexity index is 1740. The summed E-state index contributed by atoms with van der Waals surface area (Å²) in [7, 11) is 0. The molecule has 47 heavy (non-hydrogen) atoms. The Morgan fingerprint density at radius 3 is 2.09 bits per heavy atom. The first-order chi connectivity index (χ1) is 21.7. The van der Waals surface area contributed by atoms with E-state index in [1.807, 2.05) is 41.5 Å². The Morgan fingerprint density at radius 2 is 1.47 bits per heavy atom. The van der Waals surface area contributed by atoms with Gasteiger partial charge in [0, 0.05) is 48.3 Å². The van der Waals surface area contributed by atoms with Crippen LogP contribution in [0.1, 0.15) is 110 Å². The number of carbonyl (C=O) groups is 1. The molecule has 0 atom stereocenters. The van der Waals surface area contributed by atoms with E-state index in [0.717, 1.165) is 60.9 Å². The first kappa shape index (κ1) is 38.3. The van der Waals surface area contributed by atoms with Crippen LogP contribution in [0.5, 0.6) is 0 Å². The van der Waals surface area contributed by atoms with Gasteiger partial charge in [-0.25, -0.2) is 4.98 Å². The number of allylic oxidation sites excluding steroid dienone is 2. The first-order valence-corrected chi connectivity index (χ1v) is 17.1. The molecular formula is C42H53IrN2O2-. The van der Waals surface area contributed by atoms with Crippen LogP contribution < -0.4 is 0 Å². The molecule has 0 amide bonds. The Morgan fingerprint density at radius 1 is 0.851 bits per heavy atom. The third-order valence-electron chi connectivity index (χ3n) is 10.5. The van der Waals surface area contributed by atoms with E-state index in [1.54, 1.807) is 6.33 Å². The zero-order chi connectivity index (χ0) is 33.9. The molecule has 5 rings (SSSR count). The fourth-order valence-electron chi connectivity index (χ4n) is 6.20. The summed E-state index contributed by atoms with van der Waals surface area (Å²) in [4.78, 5) is 21.6. The zero-order valence-corrected chi connectivity index (χ0v) is 32.5. The average molecular weight is 810 g/mol. The fourth-order valence-corrected chi connectivity index (χ4v) is 6.20. The molecule has 0 bridgehead atoms. The second-order valence-electron chi connectivity index (χ2n) is 14.5. The van der Waals surface area contributed by atoms with Crippen molar-refractivity contribution in [2.75, 3.05) is 0 Å². The molecule has 0 aliphatic heterocycles. The molecule has 4 nitrogen and oxygen atoms in total. The Kier molecular flexibility index (Phi) is 12.5. The molecule has 0 saturated heterocycles. The summed E-state index contributed by atoms with van der Waals surface area (Å²) < 4.78 is 0. The predicted octanol–water partition coefficient (Wildman–Crippen LogP) is 11.1. The predicted molar refractivity (Wildman–Crippen MR) is 193 cm³/mol. The van der Waals surface area contributed by atoms with E-state index in [-0.39, 0.29) is 47.9 Å². The number of hydrogen-bond acceptors (Lipinski definition) is 4. The molecule has 1 aromatic heterocycles. The van der Waals surface area contributed by atoms with E-state index in [2.05, 4.69) is 87.3 Å². The number of fused-ring (bicyclic) bond motifs is 4. The number of aryl methyl sites for hydroxylation is 2. The number of aliphatic hydroxyl groups excluding tert-OH is 1. The molecule has 253 valence electrons. The van der Waals surface area contributed by atoms with E-state index >= 15 is 0 Å². The van der Waals surface area contributed by atoms with Crippen LogP contribution in [-0.2, 0) is 43.2 Å². The number of nitrogens with zero attached hydrogens (tertiary/aromatic N) is 2. The zero-order valence-electron chi connectivity index (χ0n) is 30.1. The van der Waals surface area contributed by atoms with Gasteiger partial charge in [-0.2, -0.15) is 0 Å². The Hall–Kier alpha value is -3.14. The molecule has 1 radical (unpaired) electrons.